The largest absolute Gasteiger partial charge is 0.313 e. The second-order valence-electron chi connectivity index (χ2n) is 2.13. The van der Waals surface area contributed by atoms with Gasteiger partial charge in [-0.2, -0.15) is 16.8 Å². The van der Waals surface area contributed by atoms with E-state index in [1.807, 2.05) is 0 Å². The fraction of sp³-hybridized carbons (Fsp3) is 1.00. The van der Waals surface area contributed by atoms with E-state index in [1.165, 1.54) is 0 Å². The molecule has 0 fully saturated rings. The quantitative estimate of drug-likeness (QED) is 0.486. The predicted octanol–water partition coefficient (Wildman–Crippen LogP) is -1.56. The summed E-state index contributed by atoms with van der Waals surface area (Å²) in [7, 11) is -8.66. The molecule has 1 atom stereocenters. The number of hydrogen-bond donors (Lipinski definition) is 3. The van der Waals surface area contributed by atoms with Crippen molar-refractivity contribution >= 4 is 20.2 Å². The molecule has 7 nitrogen and oxygen atoms in total. The molecule has 0 spiro atoms. The first kappa shape index (κ1) is 11.8. The second-order valence-corrected chi connectivity index (χ2v) is 5.34. The summed E-state index contributed by atoms with van der Waals surface area (Å²) < 4.78 is 57.0. The highest BCUT2D eigenvalue weighted by molar-refractivity contribution is 7.87. The van der Waals surface area contributed by atoms with Crippen molar-refractivity contribution in [2.75, 3.05) is 5.75 Å². The summed E-state index contributed by atoms with van der Waals surface area (Å²) in [6, 6.07) is 0. The first-order valence-corrected chi connectivity index (χ1v) is 5.91. The first-order chi connectivity index (χ1) is 5.13. The van der Waals surface area contributed by atoms with Gasteiger partial charge in [-0.1, -0.05) is 0 Å². The summed E-state index contributed by atoms with van der Waals surface area (Å²) >= 11 is 0. The van der Waals surface area contributed by atoms with Crippen molar-refractivity contribution in [3.05, 3.63) is 0 Å². The molecule has 1 unspecified atom stereocenters. The Morgan fingerprint density at radius 2 is 1.58 bits per heavy atom. The van der Waals surface area contributed by atoms with Crippen LogP contribution in [-0.4, -0.2) is 37.1 Å². The first-order valence-electron chi connectivity index (χ1n) is 2.80. The topological polar surface area (TPSA) is 135 Å². The highest BCUT2D eigenvalue weighted by atomic mass is 32.2. The van der Waals surface area contributed by atoms with Crippen LogP contribution in [0.5, 0.6) is 0 Å². The van der Waals surface area contributed by atoms with Gasteiger partial charge in [-0.05, 0) is 6.42 Å². The van der Waals surface area contributed by atoms with Gasteiger partial charge < -0.3 is 5.73 Å². The minimum atomic E-state index is -4.42. The normalized spacial score (nSPS) is 15.9. The Morgan fingerprint density at radius 1 is 1.17 bits per heavy atom. The Kier molecular flexibility index (Phi) is 3.59. The van der Waals surface area contributed by atoms with E-state index in [4.69, 9.17) is 14.8 Å². The molecule has 0 heterocycles. The van der Waals surface area contributed by atoms with Crippen LogP contribution in [0, 0.1) is 0 Å². The van der Waals surface area contributed by atoms with Gasteiger partial charge in [0.15, 0.2) is 0 Å². The maximum atomic E-state index is 10.2. The van der Waals surface area contributed by atoms with Gasteiger partial charge in [0.25, 0.3) is 20.2 Å². The number of rotatable bonds is 4. The molecular formula is C3H9NO6S2. The lowest BCUT2D eigenvalue weighted by Gasteiger charge is -2.05. The van der Waals surface area contributed by atoms with Crippen molar-refractivity contribution in [1.82, 2.24) is 0 Å². The Labute approximate surface area is 70.1 Å². The van der Waals surface area contributed by atoms with Crippen LogP contribution in [0.25, 0.3) is 0 Å². The summed E-state index contributed by atoms with van der Waals surface area (Å²) in [5, 5.41) is -1.68. The molecule has 0 saturated heterocycles. The Bertz CT molecular complexity index is 328. The molecule has 0 radical (unpaired) electrons. The molecule has 0 rings (SSSR count). The second kappa shape index (κ2) is 3.66. The summed E-state index contributed by atoms with van der Waals surface area (Å²) in [6.45, 7) is 0. The maximum absolute atomic E-state index is 10.2. The van der Waals surface area contributed by atoms with E-state index in [1.54, 1.807) is 0 Å². The van der Waals surface area contributed by atoms with Crippen LogP contribution in [0.2, 0.25) is 0 Å². The summed E-state index contributed by atoms with van der Waals surface area (Å²) in [4.78, 5) is 0. The Balaban J connectivity index is 4.16. The molecule has 12 heavy (non-hydrogen) atoms. The van der Waals surface area contributed by atoms with Crippen molar-refractivity contribution in [1.29, 1.82) is 0 Å². The SMILES string of the molecule is NC(CCS(=O)(=O)O)S(=O)(=O)O. The molecule has 0 aromatic rings. The molecule has 9 heteroatoms. The fourth-order valence-electron chi connectivity index (χ4n) is 0.414. The van der Waals surface area contributed by atoms with Crippen LogP contribution in [0.1, 0.15) is 6.42 Å². The van der Waals surface area contributed by atoms with E-state index >= 15 is 0 Å². The third-order valence-corrected chi connectivity index (χ3v) is 2.80. The van der Waals surface area contributed by atoms with E-state index < -0.39 is 37.8 Å². The van der Waals surface area contributed by atoms with Gasteiger partial charge in [0, 0.05) is 0 Å². The van der Waals surface area contributed by atoms with Crippen LogP contribution in [-0.2, 0) is 20.2 Å². The van der Waals surface area contributed by atoms with E-state index in [0.29, 0.717) is 0 Å². The van der Waals surface area contributed by atoms with Crippen LogP contribution in [0.4, 0.5) is 0 Å². The van der Waals surface area contributed by atoms with Gasteiger partial charge in [-0.3, -0.25) is 9.11 Å². The van der Waals surface area contributed by atoms with Gasteiger partial charge in [0.05, 0.1) is 5.75 Å². The van der Waals surface area contributed by atoms with Crippen molar-refractivity contribution in [3.63, 3.8) is 0 Å². The van der Waals surface area contributed by atoms with Gasteiger partial charge in [0.2, 0.25) is 0 Å². The predicted molar refractivity (Wildman–Crippen MR) is 40.6 cm³/mol. The third-order valence-electron chi connectivity index (χ3n) is 1.04. The fourth-order valence-corrected chi connectivity index (χ4v) is 1.53. The van der Waals surface area contributed by atoms with Gasteiger partial charge in [-0.25, -0.2) is 0 Å². The summed E-state index contributed by atoms with van der Waals surface area (Å²) in [5.74, 6) is -0.798. The van der Waals surface area contributed by atoms with Crippen LogP contribution in [0.15, 0.2) is 0 Å². The average molecular weight is 219 g/mol. The van der Waals surface area contributed by atoms with Gasteiger partial charge >= 0.3 is 0 Å². The lowest BCUT2D eigenvalue weighted by molar-refractivity contribution is 0.461. The van der Waals surface area contributed by atoms with Crippen molar-refractivity contribution < 1.29 is 25.9 Å². The molecule has 0 saturated carbocycles. The molecule has 0 aromatic heterocycles. The van der Waals surface area contributed by atoms with Gasteiger partial charge in [0.1, 0.15) is 5.37 Å². The minimum Gasteiger partial charge on any atom is -0.313 e. The molecule has 0 amide bonds. The molecule has 0 aliphatic heterocycles. The number of hydrogen-bond acceptors (Lipinski definition) is 5. The van der Waals surface area contributed by atoms with Crippen LogP contribution < -0.4 is 5.73 Å². The summed E-state index contributed by atoms with van der Waals surface area (Å²) in [5.41, 5.74) is 4.84. The highest BCUT2D eigenvalue weighted by Crippen LogP contribution is 1.99. The van der Waals surface area contributed by atoms with Crippen molar-refractivity contribution in [2.24, 2.45) is 5.73 Å². The van der Waals surface area contributed by atoms with E-state index in [2.05, 4.69) is 0 Å². The molecule has 74 valence electrons. The molecule has 0 bridgehead atoms. The maximum Gasteiger partial charge on any atom is 0.280 e. The lowest BCUT2D eigenvalue weighted by Crippen LogP contribution is -2.32. The molecule has 0 aliphatic rings. The van der Waals surface area contributed by atoms with Crippen molar-refractivity contribution in [3.8, 4) is 0 Å². The number of nitrogens with two attached hydrogens (primary N) is 1. The minimum absolute atomic E-state index is 0.544. The zero-order chi connectivity index (χ0) is 9.99. The highest BCUT2D eigenvalue weighted by Gasteiger charge is 2.19. The van der Waals surface area contributed by atoms with E-state index in [9.17, 15) is 16.8 Å². The zero-order valence-electron chi connectivity index (χ0n) is 5.91. The van der Waals surface area contributed by atoms with E-state index in [-0.39, 0.29) is 0 Å². The zero-order valence-corrected chi connectivity index (χ0v) is 7.55. The van der Waals surface area contributed by atoms with Crippen molar-refractivity contribution in [2.45, 2.75) is 11.8 Å². The van der Waals surface area contributed by atoms with Crippen LogP contribution >= 0.6 is 0 Å². The Morgan fingerprint density at radius 3 is 1.83 bits per heavy atom. The third kappa shape index (κ3) is 5.43. The smallest absolute Gasteiger partial charge is 0.280 e. The van der Waals surface area contributed by atoms with Crippen LogP contribution in [0.3, 0.4) is 0 Å². The standard InChI is InChI=1S/C3H9NO6S2/c4-3(12(8,9)10)1-2-11(5,6)7/h3H,1-2,4H2,(H,5,6,7)(H,8,9,10). The molecular weight excluding hydrogens is 210 g/mol. The van der Waals surface area contributed by atoms with Gasteiger partial charge in [-0.15, -0.1) is 0 Å². The average Bonchev–Trinajstić information content (AvgIpc) is 1.78. The Hall–Kier alpha value is -0.220. The monoisotopic (exact) mass is 219 g/mol. The molecule has 4 N–H and O–H groups in total. The summed E-state index contributed by atoms with van der Waals surface area (Å²) in [6.07, 6.45) is -0.544. The molecule has 0 aliphatic carbocycles. The van der Waals surface area contributed by atoms with E-state index in [0.717, 1.165) is 0 Å². The lowest BCUT2D eigenvalue weighted by atomic mass is 10.5. The molecule has 0 aromatic carbocycles.